The fraction of sp³-hybridized carbons (Fsp3) is 0.364. The molecule has 0 saturated carbocycles. The Labute approximate surface area is 117 Å². The van der Waals surface area contributed by atoms with E-state index in [1.807, 2.05) is 0 Å². The number of nitrogens with one attached hydrogen (secondary N) is 1. The zero-order valence-electron chi connectivity index (χ0n) is 9.87. The molecule has 1 amide bonds. The maximum absolute atomic E-state index is 11.6. The first kappa shape index (κ1) is 15.5. The smallest absolute Gasteiger partial charge is 0.313 e. The summed E-state index contributed by atoms with van der Waals surface area (Å²) in [4.78, 5) is 33.4. The Morgan fingerprint density at radius 1 is 1.26 bits per heavy atom. The van der Waals surface area contributed by atoms with Gasteiger partial charge in [0.1, 0.15) is 0 Å². The monoisotopic (exact) mass is 303 g/mol. The van der Waals surface area contributed by atoms with Gasteiger partial charge in [-0.3, -0.25) is 14.4 Å². The fourth-order valence-electron chi connectivity index (χ4n) is 1.35. The van der Waals surface area contributed by atoms with Crippen molar-refractivity contribution >= 4 is 40.9 Å². The average Bonchev–Trinajstić information content (AvgIpc) is 2.80. The topological polar surface area (TPSA) is 104 Å². The second-order valence-corrected chi connectivity index (χ2v) is 5.58. The molecule has 1 atom stereocenters. The Morgan fingerprint density at radius 2 is 2.00 bits per heavy atom. The number of thioether (sulfide) groups is 1. The van der Waals surface area contributed by atoms with Gasteiger partial charge in [0.05, 0.1) is 24.0 Å². The standard InChI is InChI=1S/C11H13NO5S2/c13-9(5-18-6-11(16)17)12-7(4-10(14)15)8-2-1-3-19-8/h1-3,7H,4-6H2,(H,12,13)(H,14,15)(H,16,17). The lowest BCUT2D eigenvalue weighted by atomic mass is 10.1. The number of carbonyl (C=O) groups is 3. The summed E-state index contributed by atoms with van der Waals surface area (Å²) in [5.74, 6) is -2.52. The van der Waals surface area contributed by atoms with Crippen LogP contribution in [0.1, 0.15) is 17.3 Å². The Balaban J connectivity index is 2.50. The number of thiophene rings is 1. The molecule has 0 fully saturated rings. The van der Waals surface area contributed by atoms with Gasteiger partial charge in [-0.1, -0.05) is 6.07 Å². The molecule has 0 radical (unpaired) electrons. The van der Waals surface area contributed by atoms with E-state index >= 15 is 0 Å². The molecule has 1 rings (SSSR count). The molecule has 0 aliphatic rings. The fourth-order valence-corrected chi connectivity index (χ4v) is 2.68. The number of carboxylic acid groups (broad SMARTS) is 2. The van der Waals surface area contributed by atoms with Crippen molar-refractivity contribution in [2.75, 3.05) is 11.5 Å². The van der Waals surface area contributed by atoms with Gasteiger partial charge in [0.25, 0.3) is 0 Å². The number of hydrogen-bond donors (Lipinski definition) is 3. The van der Waals surface area contributed by atoms with E-state index in [1.54, 1.807) is 17.5 Å². The van der Waals surface area contributed by atoms with Gasteiger partial charge in [0.2, 0.25) is 5.91 Å². The van der Waals surface area contributed by atoms with Crippen molar-refractivity contribution in [1.29, 1.82) is 0 Å². The third kappa shape index (κ3) is 6.25. The predicted octanol–water partition coefficient (Wildman–Crippen LogP) is 1.20. The maximum Gasteiger partial charge on any atom is 0.313 e. The molecule has 0 aromatic carbocycles. The van der Waals surface area contributed by atoms with Crippen molar-refractivity contribution in [3.05, 3.63) is 22.4 Å². The predicted molar refractivity (Wildman–Crippen MR) is 72.4 cm³/mol. The number of aliphatic carboxylic acids is 2. The number of amides is 1. The molecule has 1 aromatic heterocycles. The van der Waals surface area contributed by atoms with E-state index < -0.39 is 18.0 Å². The largest absolute Gasteiger partial charge is 0.481 e. The van der Waals surface area contributed by atoms with Crippen LogP contribution in [-0.2, 0) is 14.4 Å². The van der Waals surface area contributed by atoms with Crippen LogP contribution in [0.15, 0.2) is 17.5 Å². The minimum absolute atomic E-state index is 0.00616. The number of rotatable bonds is 8. The second kappa shape index (κ2) is 7.80. The number of carboxylic acids is 2. The third-order valence-corrected chi connectivity index (χ3v) is 3.96. The van der Waals surface area contributed by atoms with Gasteiger partial charge in [0, 0.05) is 4.88 Å². The van der Waals surface area contributed by atoms with E-state index in [-0.39, 0.29) is 23.8 Å². The van der Waals surface area contributed by atoms with Crippen molar-refractivity contribution in [3.8, 4) is 0 Å². The van der Waals surface area contributed by atoms with Crippen molar-refractivity contribution in [1.82, 2.24) is 5.32 Å². The van der Waals surface area contributed by atoms with Crippen LogP contribution in [0.2, 0.25) is 0 Å². The van der Waals surface area contributed by atoms with Crippen LogP contribution in [0.5, 0.6) is 0 Å². The molecule has 0 aliphatic carbocycles. The first-order valence-electron chi connectivity index (χ1n) is 5.33. The normalized spacial score (nSPS) is 11.8. The van der Waals surface area contributed by atoms with Gasteiger partial charge >= 0.3 is 11.9 Å². The summed E-state index contributed by atoms with van der Waals surface area (Å²) < 4.78 is 0. The lowest BCUT2D eigenvalue weighted by Gasteiger charge is -2.15. The molecule has 1 unspecified atom stereocenters. The van der Waals surface area contributed by atoms with Crippen LogP contribution >= 0.6 is 23.1 Å². The van der Waals surface area contributed by atoms with Gasteiger partial charge in [-0.05, 0) is 11.4 Å². The minimum atomic E-state index is -1.00. The number of hydrogen-bond acceptors (Lipinski definition) is 5. The molecular formula is C11H13NO5S2. The number of carbonyl (C=O) groups excluding carboxylic acids is 1. The van der Waals surface area contributed by atoms with Gasteiger partial charge in [-0.15, -0.1) is 23.1 Å². The average molecular weight is 303 g/mol. The third-order valence-electron chi connectivity index (χ3n) is 2.06. The summed E-state index contributed by atoms with van der Waals surface area (Å²) in [5.41, 5.74) is 0. The van der Waals surface area contributed by atoms with E-state index in [0.717, 1.165) is 16.6 Å². The molecule has 104 valence electrons. The molecule has 1 aromatic rings. The van der Waals surface area contributed by atoms with Crippen molar-refractivity contribution in [3.63, 3.8) is 0 Å². The van der Waals surface area contributed by atoms with E-state index in [4.69, 9.17) is 10.2 Å². The summed E-state index contributed by atoms with van der Waals surface area (Å²) in [6, 6.07) is 2.96. The Morgan fingerprint density at radius 3 is 2.53 bits per heavy atom. The second-order valence-electron chi connectivity index (χ2n) is 3.62. The van der Waals surface area contributed by atoms with Gasteiger partial charge in [-0.25, -0.2) is 0 Å². The van der Waals surface area contributed by atoms with Crippen molar-refractivity contribution in [2.45, 2.75) is 12.5 Å². The molecule has 0 bridgehead atoms. The SMILES string of the molecule is O=C(O)CSCC(=O)NC(CC(=O)O)c1cccs1. The van der Waals surface area contributed by atoms with Crippen LogP contribution in [0.25, 0.3) is 0 Å². The summed E-state index contributed by atoms with van der Waals surface area (Å²) >= 11 is 2.34. The summed E-state index contributed by atoms with van der Waals surface area (Å²) in [6.45, 7) is 0. The highest BCUT2D eigenvalue weighted by Gasteiger charge is 2.18. The summed E-state index contributed by atoms with van der Waals surface area (Å²) in [5, 5.41) is 21.7. The molecule has 0 saturated heterocycles. The van der Waals surface area contributed by atoms with Gasteiger partial charge < -0.3 is 15.5 Å². The molecule has 0 spiro atoms. The first-order chi connectivity index (χ1) is 8.99. The van der Waals surface area contributed by atoms with E-state index in [9.17, 15) is 14.4 Å². The molecule has 6 nitrogen and oxygen atoms in total. The molecule has 3 N–H and O–H groups in total. The molecule has 0 aliphatic heterocycles. The molecule has 19 heavy (non-hydrogen) atoms. The zero-order valence-corrected chi connectivity index (χ0v) is 11.5. The summed E-state index contributed by atoms with van der Waals surface area (Å²) in [6.07, 6.45) is -0.199. The van der Waals surface area contributed by atoms with Crippen molar-refractivity contribution in [2.24, 2.45) is 0 Å². The highest BCUT2D eigenvalue weighted by molar-refractivity contribution is 8.00. The lowest BCUT2D eigenvalue weighted by molar-refractivity contribution is -0.138. The Bertz CT molecular complexity index is 446. The summed E-state index contributed by atoms with van der Waals surface area (Å²) in [7, 11) is 0. The van der Waals surface area contributed by atoms with E-state index in [2.05, 4.69) is 5.32 Å². The molecular weight excluding hydrogens is 290 g/mol. The molecule has 1 heterocycles. The Kier molecular flexibility index (Phi) is 6.37. The van der Waals surface area contributed by atoms with E-state index in [0.29, 0.717) is 0 Å². The highest BCUT2D eigenvalue weighted by atomic mass is 32.2. The lowest BCUT2D eigenvalue weighted by Crippen LogP contribution is -2.31. The van der Waals surface area contributed by atoms with Gasteiger partial charge in [0.15, 0.2) is 0 Å². The van der Waals surface area contributed by atoms with Gasteiger partial charge in [-0.2, -0.15) is 0 Å². The van der Waals surface area contributed by atoms with Crippen molar-refractivity contribution < 1.29 is 24.6 Å². The Hall–Kier alpha value is -1.54. The molecule has 8 heteroatoms. The minimum Gasteiger partial charge on any atom is -0.481 e. The zero-order chi connectivity index (χ0) is 14.3. The highest BCUT2D eigenvalue weighted by Crippen LogP contribution is 2.22. The quantitative estimate of drug-likeness (QED) is 0.666. The van der Waals surface area contributed by atoms with Crippen LogP contribution in [0.4, 0.5) is 0 Å². The van der Waals surface area contributed by atoms with Crippen LogP contribution in [0, 0.1) is 0 Å². The van der Waals surface area contributed by atoms with Crippen LogP contribution in [0.3, 0.4) is 0 Å². The maximum atomic E-state index is 11.6. The van der Waals surface area contributed by atoms with E-state index in [1.165, 1.54) is 11.3 Å². The first-order valence-corrected chi connectivity index (χ1v) is 7.36. The van der Waals surface area contributed by atoms with Crippen LogP contribution in [-0.4, -0.2) is 39.6 Å². The van der Waals surface area contributed by atoms with Crippen LogP contribution < -0.4 is 5.32 Å².